The van der Waals surface area contributed by atoms with Crippen molar-refractivity contribution in [2.24, 2.45) is 0 Å². The third kappa shape index (κ3) is 6.32. The zero-order chi connectivity index (χ0) is 24.8. The van der Waals surface area contributed by atoms with Crippen LogP contribution in [0.25, 0.3) is 10.9 Å². The van der Waals surface area contributed by atoms with Crippen LogP contribution in [0, 0.1) is 0 Å². The highest BCUT2D eigenvalue weighted by atomic mass is 32.2. The first-order chi connectivity index (χ1) is 16.9. The van der Waals surface area contributed by atoms with Crippen LogP contribution in [-0.4, -0.2) is 52.4 Å². The molecule has 2 N–H and O–H groups in total. The molecular formula is C25H30N4O5S. The van der Waals surface area contributed by atoms with Gasteiger partial charge in [-0.3, -0.25) is 19.0 Å². The van der Waals surface area contributed by atoms with Gasteiger partial charge in [-0.1, -0.05) is 18.7 Å². The lowest BCUT2D eigenvalue weighted by molar-refractivity contribution is -0.119. The van der Waals surface area contributed by atoms with Gasteiger partial charge in [0.15, 0.2) is 5.16 Å². The maximum Gasteiger partial charge on any atom is 0.262 e. The van der Waals surface area contributed by atoms with Crippen LogP contribution in [0.15, 0.2) is 51.0 Å². The summed E-state index contributed by atoms with van der Waals surface area (Å²) in [4.78, 5) is 43.1. The highest BCUT2D eigenvalue weighted by molar-refractivity contribution is 7.99. The predicted molar refractivity (Wildman–Crippen MR) is 134 cm³/mol. The lowest BCUT2D eigenvalue weighted by Gasteiger charge is -2.14. The molecule has 3 heterocycles. The van der Waals surface area contributed by atoms with Crippen LogP contribution in [-0.2, 0) is 16.1 Å². The van der Waals surface area contributed by atoms with Gasteiger partial charge in [-0.2, -0.15) is 0 Å². The fourth-order valence-corrected chi connectivity index (χ4v) is 4.62. The molecule has 0 radical (unpaired) electrons. The number of amides is 2. The van der Waals surface area contributed by atoms with E-state index in [9.17, 15) is 14.4 Å². The Balaban J connectivity index is 1.60. The van der Waals surface area contributed by atoms with E-state index in [1.807, 2.05) is 13.8 Å². The Morgan fingerprint density at radius 1 is 1.31 bits per heavy atom. The highest BCUT2D eigenvalue weighted by Crippen LogP contribution is 2.20. The first kappa shape index (κ1) is 25.0. The van der Waals surface area contributed by atoms with Crippen molar-refractivity contribution in [1.29, 1.82) is 0 Å². The Morgan fingerprint density at radius 3 is 2.89 bits per heavy atom. The molecule has 3 aromatic rings. The number of nitrogens with zero attached hydrogens (tertiary/aromatic N) is 2. The van der Waals surface area contributed by atoms with Crippen molar-refractivity contribution in [3.05, 3.63) is 58.3 Å². The number of furan rings is 1. The molecule has 1 aliphatic heterocycles. The molecule has 0 saturated carbocycles. The van der Waals surface area contributed by atoms with Crippen LogP contribution in [0.3, 0.4) is 0 Å². The molecule has 1 saturated heterocycles. The Kier molecular flexibility index (Phi) is 8.25. The Morgan fingerprint density at radius 2 is 2.17 bits per heavy atom. The molecule has 35 heavy (non-hydrogen) atoms. The summed E-state index contributed by atoms with van der Waals surface area (Å²) >= 11 is 1.18. The summed E-state index contributed by atoms with van der Waals surface area (Å²) in [6.45, 7) is 5.29. The maximum absolute atomic E-state index is 13.4. The van der Waals surface area contributed by atoms with E-state index in [1.165, 1.54) is 16.3 Å². The molecule has 1 aliphatic rings. The molecule has 0 aliphatic carbocycles. The number of carbonyl (C=O) groups is 2. The molecule has 2 atom stereocenters. The van der Waals surface area contributed by atoms with Gasteiger partial charge in [-0.15, -0.1) is 0 Å². The van der Waals surface area contributed by atoms with Gasteiger partial charge in [-0.25, -0.2) is 4.98 Å². The number of rotatable bonds is 10. The Bertz CT molecular complexity index is 1230. The van der Waals surface area contributed by atoms with Gasteiger partial charge in [0.05, 0.1) is 35.6 Å². The summed E-state index contributed by atoms with van der Waals surface area (Å²) in [5.74, 6) is 0.336. The second-order valence-electron chi connectivity index (χ2n) is 8.61. The molecule has 9 nitrogen and oxygen atoms in total. The molecular weight excluding hydrogens is 468 g/mol. The number of fused-ring (bicyclic) bond motifs is 1. The van der Waals surface area contributed by atoms with Crippen molar-refractivity contribution in [3.63, 3.8) is 0 Å². The van der Waals surface area contributed by atoms with Crippen molar-refractivity contribution in [2.75, 3.05) is 18.9 Å². The summed E-state index contributed by atoms with van der Waals surface area (Å²) in [6, 6.07) is 8.45. The normalized spacial score (nSPS) is 16.3. The van der Waals surface area contributed by atoms with Gasteiger partial charge in [0.25, 0.3) is 11.5 Å². The maximum atomic E-state index is 13.4. The predicted octanol–water partition coefficient (Wildman–Crippen LogP) is 2.95. The fourth-order valence-electron chi connectivity index (χ4n) is 3.81. The summed E-state index contributed by atoms with van der Waals surface area (Å²) in [5.41, 5.74) is 0.555. The van der Waals surface area contributed by atoms with Gasteiger partial charge in [0.1, 0.15) is 5.76 Å². The van der Waals surface area contributed by atoms with Crippen molar-refractivity contribution in [2.45, 2.75) is 57.0 Å². The number of nitrogens with one attached hydrogen (secondary N) is 2. The van der Waals surface area contributed by atoms with Crippen LogP contribution in [0.5, 0.6) is 0 Å². The number of hydrogen-bond donors (Lipinski definition) is 2. The van der Waals surface area contributed by atoms with E-state index in [2.05, 4.69) is 15.6 Å². The number of benzene rings is 1. The number of carbonyl (C=O) groups excluding carboxylic acids is 2. The minimum absolute atomic E-state index is 0.0379. The molecule has 10 heteroatoms. The molecule has 0 bridgehead atoms. The molecule has 1 fully saturated rings. The number of thioether (sulfide) groups is 1. The molecule has 186 valence electrons. The van der Waals surface area contributed by atoms with Crippen molar-refractivity contribution >= 4 is 34.5 Å². The smallest absolute Gasteiger partial charge is 0.262 e. The summed E-state index contributed by atoms with van der Waals surface area (Å²) in [7, 11) is 0. The lowest BCUT2D eigenvalue weighted by Crippen LogP contribution is -2.33. The SMILES string of the molecule is CC[C@H](C)NC(=O)CSc1nc2cc(C(=O)NC[C@H]3CCCO3)ccc2c(=O)n1Cc1ccco1. The Hall–Kier alpha value is -3.11. The zero-order valence-electron chi connectivity index (χ0n) is 19.9. The molecule has 0 unspecified atom stereocenters. The monoisotopic (exact) mass is 498 g/mol. The zero-order valence-corrected chi connectivity index (χ0v) is 20.7. The molecule has 2 aromatic heterocycles. The largest absolute Gasteiger partial charge is 0.467 e. The number of hydrogen-bond acceptors (Lipinski definition) is 7. The lowest BCUT2D eigenvalue weighted by atomic mass is 10.1. The van der Waals surface area contributed by atoms with Crippen molar-refractivity contribution in [1.82, 2.24) is 20.2 Å². The summed E-state index contributed by atoms with van der Waals surface area (Å²) < 4.78 is 12.5. The first-order valence-electron chi connectivity index (χ1n) is 11.8. The van der Waals surface area contributed by atoms with Crippen LogP contribution < -0.4 is 16.2 Å². The number of aromatic nitrogens is 2. The molecule has 2 amide bonds. The van der Waals surface area contributed by atoms with Crippen LogP contribution in [0.2, 0.25) is 0 Å². The quantitative estimate of drug-likeness (QED) is 0.326. The third-order valence-corrected chi connectivity index (χ3v) is 6.92. The molecule has 1 aromatic carbocycles. The van der Waals surface area contributed by atoms with Gasteiger partial charge < -0.3 is 19.8 Å². The van der Waals surface area contributed by atoms with E-state index in [0.717, 1.165) is 25.9 Å². The van der Waals surface area contributed by atoms with E-state index in [-0.39, 0.29) is 41.8 Å². The second-order valence-corrected chi connectivity index (χ2v) is 9.55. The van der Waals surface area contributed by atoms with Crippen LogP contribution >= 0.6 is 11.8 Å². The minimum atomic E-state index is -0.262. The van der Waals surface area contributed by atoms with E-state index in [4.69, 9.17) is 9.15 Å². The van der Waals surface area contributed by atoms with E-state index >= 15 is 0 Å². The van der Waals surface area contributed by atoms with Gasteiger partial charge in [-0.05, 0) is 56.5 Å². The van der Waals surface area contributed by atoms with Crippen molar-refractivity contribution < 1.29 is 18.7 Å². The van der Waals surface area contributed by atoms with E-state index in [1.54, 1.807) is 36.6 Å². The average Bonchev–Trinajstić information content (AvgIpc) is 3.57. The highest BCUT2D eigenvalue weighted by Gasteiger charge is 2.19. The third-order valence-electron chi connectivity index (χ3n) is 5.94. The summed E-state index contributed by atoms with van der Waals surface area (Å²) in [6.07, 6.45) is 4.34. The number of ether oxygens (including phenoxy) is 1. The second kappa shape index (κ2) is 11.5. The van der Waals surface area contributed by atoms with Crippen molar-refractivity contribution in [3.8, 4) is 0 Å². The van der Waals surface area contributed by atoms with Gasteiger partial charge in [0.2, 0.25) is 5.91 Å². The Labute approximate surface area is 207 Å². The van der Waals surface area contributed by atoms with Crippen LogP contribution in [0.1, 0.15) is 49.2 Å². The average molecular weight is 499 g/mol. The topological polar surface area (TPSA) is 115 Å². The van der Waals surface area contributed by atoms with E-state index in [0.29, 0.717) is 33.9 Å². The first-order valence-corrected chi connectivity index (χ1v) is 12.8. The summed E-state index contributed by atoms with van der Waals surface area (Å²) in [5, 5.41) is 6.59. The van der Waals surface area contributed by atoms with E-state index < -0.39 is 0 Å². The van der Waals surface area contributed by atoms with Gasteiger partial charge >= 0.3 is 0 Å². The van der Waals surface area contributed by atoms with Crippen LogP contribution in [0.4, 0.5) is 0 Å². The fraction of sp³-hybridized carbons (Fsp3) is 0.440. The minimum Gasteiger partial charge on any atom is -0.467 e. The van der Waals surface area contributed by atoms with Gasteiger partial charge in [0, 0.05) is 24.8 Å². The molecule has 4 rings (SSSR count). The standard InChI is InChI=1S/C25H30N4O5S/c1-3-16(2)27-22(30)15-35-25-28-21-12-17(23(31)26-13-18-6-4-10-33-18)8-9-20(21)24(32)29(25)14-19-7-5-11-34-19/h5,7-9,11-12,16,18H,3-4,6,10,13-15H2,1-2H3,(H,26,31)(H,27,30)/t16-,18+/m0/s1. The molecule has 0 spiro atoms.